The molecule has 0 aromatic heterocycles. The van der Waals surface area contributed by atoms with Gasteiger partial charge in [0.15, 0.2) is 11.5 Å². The zero-order valence-electron chi connectivity index (χ0n) is 9.67. The fraction of sp³-hybridized carbons (Fsp3) is 0.538. The second-order valence-corrected chi connectivity index (χ2v) is 5.35. The van der Waals surface area contributed by atoms with E-state index >= 15 is 0 Å². The van der Waals surface area contributed by atoms with Gasteiger partial charge in [-0.25, -0.2) is 0 Å². The molecule has 2 aliphatic rings. The van der Waals surface area contributed by atoms with Crippen LogP contribution >= 0.6 is 15.9 Å². The van der Waals surface area contributed by atoms with Crippen molar-refractivity contribution in [3.63, 3.8) is 0 Å². The molecule has 1 aromatic rings. The van der Waals surface area contributed by atoms with Crippen LogP contribution in [-0.4, -0.2) is 25.8 Å². The quantitative estimate of drug-likeness (QED) is 0.910. The lowest BCUT2D eigenvalue weighted by Crippen LogP contribution is -2.24. The van der Waals surface area contributed by atoms with Gasteiger partial charge in [0, 0.05) is 6.04 Å². The van der Waals surface area contributed by atoms with Crippen molar-refractivity contribution < 1.29 is 9.47 Å². The van der Waals surface area contributed by atoms with Crippen LogP contribution in [-0.2, 0) is 6.42 Å². The highest BCUT2D eigenvalue weighted by atomic mass is 79.9. The van der Waals surface area contributed by atoms with Gasteiger partial charge in [-0.05, 0) is 53.4 Å². The van der Waals surface area contributed by atoms with Gasteiger partial charge < -0.3 is 14.8 Å². The molecule has 0 saturated carbocycles. The summed E-state index contributed by atoms with van der Waals surface area (Å²) < 4.78 is 12.3. The van der Waals surface area contributed by atoms with Gasteiger partial charge >= 0.3 is 0 Å². The van der Waals surface area contributed by atoms with E-state index in [1.54, 1.807) is 0 Å². The first-order valence-corrected chi connectivity index (χ1v) is 6.94. The van der Waals surface area contributed by atoms with Gasteiger partial charge in [-0.3, -0.25) is 0 Å². The zero-order chi connectivity index (χ0) is 11.7. The summed E-state index contributed by atoms with van der Waals surface area (Å²) in [5.41, 5.74) is 1.30. The van der Waals surface area contributed by atoms with Gasteiger partial charge in [-0.15, -0.1) is 0 Å². The molecule has 2 aliphatic heterocycles. The predicted molar refractivity (Wildman–Crippen MR) is 69.9 cm³/mol. The molecule has 3 nitrogen and oxygen atoms in total. The fourth-order valence-corrected chi connectivity index (χ4v) is 3.08. The molecule has 2 heterocycles. The highest BCUT2D eigenvalue weighted by molar-refractivity contribution is 9.10. The Morgan fingerprint density at radius 1 is 1.29 bits per heavy atom. The molecule has 3 rings (SSSR count). The van der Waals surface area contributed by atoms with Crippen LogP contribution in [0.2, 0.25) is 0 Å². The number of nitrogens with one attached hydrogen (secondary N) is 1. The van der Waals surface area contributed by atoms with E-state index in [9.17, 15) is 0 Å². The first-order chi connectivity index (χ1) is 8.34. The molecule has 0 bridgehead atoms. The molecule has 1 atom stereocenters. The lowest BCUT2D eigenvalue weighted by atomic mass is 10.0. The lowest BCUT2D eigenvalue weighted by Gasteiger charge is -2.21. The minimum Gasteiger partial charge on any atom is -0.486 e. The van der Waals surface area contributed by atoms with E-state index in [1.165, 1.54) is 18.4 Å². The highest BCUT2D eigenvalue weighted by Gasteiger charge is 2.21. The summed E-state index contributed by atoms with van der Waals surface area (Å²) in [5.74, 6) is 1.72. The van der Waals surface area contributed by atoms with Crippen LogP contribution in [0.3, 0.4) is 0 Å². The van der Waals surface area contributed by atoms with E-state index in [0.717, 1.165) is 28.9 Å². The summed E-state index contributed by atoms with van der Waals surface area (Å²) in [7, 11) is 0. The normalized spacial score (nSPS) is 22.8. The molecular weight excluding hydrogens is 282 g/mol. The summed E-state index contributed by atoms with van der Waals surface area (Å²) in [4.78, 5) is 0. The van der Waals surface area contributed by atoms with Crippen LogP contribution < -0.4 is 14.8 Å². The zero-order valence-corrected chi connectivity index (χ0v) is 11.3. The first kappa shape index (κ1) is 11.4. The van der Waals surface area contributed by atoms with Gasteiger partial charge in [0.1, 0.15) is 13.2 Å². The number of ether oxygens (including phenoxy) is 2. The van der Waals surface area contributed by atoms with Crippen LogP contribution in [0, 0.1) is 0 Å². The van der Waals surface area contributed by atoms with Crippen LogP contribution in [0.1, 0.15) is 18.4 Å². The topological polar surface area (TPSA) is 30.5 Å². The first-order valence-electron chi connectivity index (χ1n) is 6.15. The van der Waals surface area contributed by atoms with Gasteiger partial charge in [0.25, 0.3) is 0 Å². The Labute approximate surface area is 110 Å². The van der Waals surface area contributed by atoms with E-state index < -0.39 is 0 Å². The average molecular weight is 298 g/mol. The Morgan fingerprint density at radius 2 is 2.18 bits per heavy atom. The fourth-order valence-electron chi connectivity index (χ4n) is 2.48. The summed E-state index contributed by atoms with van der Waals surface area (Å²) in [6.07, 6.45) is 3.60. The molecule has 1 saturated heterocycles. The van der Waals surface area contributed by atoms with E-state index in [1.807, 2.05) is 6.07 Å². The van der Waals surface area contributed by atoms with Crippen molar-refractivity contribution in [2.24, 2.45) is 0 Å². The van der Waals surface area contributed by atoms with Crippen molar-refractivity contribution in [1.82, 2.24) is 5.32 Å². The molecule has 17 heavy (non-hydrogen) atoms. The summed E-state index contributed by atoms with van der Waals surface area (Å²) in [5, 5.41) is 3.52. The van der Waals surface area contributed by atoms with E-state index in [-0.39, 0.29) is 0 Å². The molecule has 0 aliphatic carbocycles. The molecule has 0 spiro atoms. The number of fused-ring (bicyclic) bond motifs is 1. The van der Waals surface area contributed by atoms with Crippen molar-refractivity contribution in [2.45, 2.75) is 25.3 Å². The number of hydrogen-bond acceptors (Lipinski definition) is 3. The van der Waals surface area contributed by atoms with Gasteiger partial charge in [0.05, 0.1) is 4.47 Å². The minimum absolute atomic E-state index is 0.605. The predicted octanol–water partition coefficient (Wildman–Crippen LogP) is 2.51. The molecule has 0 amide bonds. The third kappa shape index (κ3) is 2.29. The van der Waals surface area contributed by atoms with Crippen LogP contribution in [0.4, 0.5) is 0 Å². The van der Waals surface area contributed by atoms with Gasteiger partial charge in [-0.2, -0.15) is 0 Å². The van der Waals surface area contributed by atoms with Crippen LogP contribution in [0.15, 0.2) is 16.6 Å². The van der Waals surface area contributed by atoms with Crippen molar-refractivity contribution in [2.75, 3.05) is 19.8 Å². The van der Waals surface area contributed by atoms with E-state index in [2.05, 4.69) is 27.3 Å². The Bertz CT molecular complexity index is 416. The Morgan fingerprint density at radius 3 is 3.00 bits per heavy atom. The second-order valence-electron chi connectivity index (χ2n) is 4.56. The Kier molecular flexibility index (Phi) is 3.25. The van der Waals surface area contributed by atoms with Crippen LogP contribution in [0.5, 0.6) is 11.5 Å². The monoisotopic (exact) mass is 297 g/mol. The van der Waals surface area contributed by atoms with Crippen molar-refractivity contribution in [3.05, 3.63) is 22.2 Å². The molecule has 1 aromatic carbocycles. The SMILES string of the molecule is Brc1c(CC2CCCN2)ccc2c1OCCO2. The van der Waals surface area contributed by atoms with Crippen molar-refractivity contribution >= 4 is 15.9 Å². The molecule has 92 valence electrons. The molecule has 1 unspecified atom stereocenters. The van der Waals surface area contributed by atoms with Crippen LogP contribution in [0.25, 0.3) is 0 Å². The number of halogens is 1. The number of benzene rings is 1. The standard InChI is InChI=1S/C13H16BrNO2/c14-12-9(8-10-2-1-5-15-10)3-4-11-13(12)17-7-6-16-11/h3-4,10,15H,1-2,5-8H2. The molecule has 1 fully saturated rings. The second kappa shape index (κ2) is 4.86. The Balaban J connectivity index is 1.84. The maximum atomic E-state index is 5.67. The molecule has 4 heteroatoms. The summed E-state index contributed by atoms with van der Waals surface area (Å²) in [6.45, 7) is 2.42. The van der Waals surface area contributed by atoms with E-state index in [0.29, 0.717) is 19.3 Å². The number of hydrogen-bond donors (Lipinski definition) is 1. The molecule has 0 radical (unpaired) electrons. The minimum atomic E-state index is 0.605. The Hall–Kier alpha value is -0.740. The van der Waals surface area contributed by atoms with Crippen molar-refractivity contribution in [1.29, 1.82) is 0 Å². The van der Waals surface area contributed by atoms with E-state index in [4.69, 9.17) is 9.47 Å². The summed E-state index contributed by atoms with van der Waals surface area (Å²) >= 11 is 3.64. The maximum absolute atomic E-state index is 5.67. The highest BCUT2D eigenvalue weighted by Crippen LogP contribution is 2.40. The lowest BCUT2D eigenvalue weighted by molar-refractivity contribution is 0.170. The molecule has 1 N–H and O–H groups in total. The smallest absolute Gasteiger partial charge is 0.175 e. The van der Waals surface area contributed by atoms with Crippen molar-refractivity contribution in [3.8, 4) is 11.5 Å². The van der Waals surface area contributed by atoms with Gasteiger partial charge in [-0.1, -0.05) is 6.07 Å². The van der Waals surface area contributed by atoms with Gasteiger partial charge in [0.2, 0.25) is 0 Å². The third-order valence-corrected chi connectivity index (χ3v) is 4.23. The summed E-state index contributed by atoms with van der Waals surface area (Å²) in [6, 6.07) is 4.76. The largest absolute Gasteiger partial charge is 0.486 e. The third-order valence-electron chi connectivity index (χ3n) is 3.36. The number of rotatable bonds is 2. The average Bonchev–Trinajstić information content (AvgIpc) is 2.86. The maximum Gasteiger partial charge on any atom is 0.175 e. The molecular formula is C13H16BrNO2.